The maximum absolute atomic E-state index is 12.6. The smallest absolute Gasteiger partial charge is 0.254 e. The van der Waals surface area contributed by atoms with Gasteiger partial charge in [-0.1, -0.05) is 13.8 Å². The minimum Gasteiger partial charge on any atom is -0.384 e. The van der Waals surface area contributed by atoms with Gasteiger partial charge in [0.1, 0.15) is 5.82 Å². The van der Waals surface area contributed by atoms with Crippen molar-refractivity contribution >= 4 is 11.7 Å². The summed E-state index contributed by atoms with van der Waals surface area (Å²) in [4.78, 5) is 18.7. The van der Waals surface area contributed by atoms with Gasteiger partial charge in [-0.3, -0.25) is 4.79 Å². The minimum atomic E-state index is 0.0268. The summed E-state index contributed by atoms with van der Waals surface area (Å²) in [6.07, 6.45) is 1.67. The van der Waals surface area contributed by atoms with E-state index in [1.807, 2.05) is 17.9 Å². The van der Waals surface area contributed by atoms with Crippen LogP contribution >= 0.6 is 0 Å². The maximum atomic E-state index is 12.6. The van der Waals surface area contributed by atoms with Crippen LogP contribution in [0.25, 0.3) is 0 Å². The number of hydrogen-bond donors (Lipinski definition) is 1. The van der Waals surface area contributed by atoms with Gasteiger partial charge in [-0.05, 0) is 25.0 Å². The van der Waals surface area contributed by atoms with Gasteiger partial charge in [0.15, 0.2) is 0 Å². The van der Waals surface area contributed by atoms with E-state index in [1.54, 1.807) is 6.07 Å². The summed E-state index contributed by atoms with van der Waals surface area (Å²) in [6, 6.07) is 3.64. The zero-order chi connectivity index (χ0) is 13.8. The number of amides is 1. The highest BCUT2D eigenvalue weighted by Gasteiger charge is 2.27. The number of nitrogens with zero attached hydrogens (tertiary/aromatic N) is 2. The molecule has 1 aromatic heterocycles. The number of carbonyl (C=O) groups is 1. The molecule has 5 nitrogen and oxygen atoms in total. The Morgan fingerprint density at radius 3 is 3.00 bits per heavy atom. The van der Waals surface area contributed by atoms with E-state index in [0.29, 0.717) is 31.1 Å². The summed E-state index contributed by atoms with van der Waals surface area (Å²) >= 11 is 0. The average molecular weight is 263 g/mol. The van der Waals surface area contributed by atoms with Crippen molar-refractivity contribution in [2.45, 2.75) is 32.7 Å². The molecule has 1 unspecified atom stereocenters. The number of morpholine rings is 1. The van der Waals surface area contributed by atoms with Crippen LogP contribution in [0.15, 0.2) is 12.1 Å². The van der Waals surface area contributed by atoms with Crippen molar-refractivity contribution < 1.29 is 9.53 Å². The predicted octanol–water partition coefficient (Wildman–Crippen LogP) is 1.48. The summed E-state index contributed by atoms with van der Waals surface area (Å²) in [7, 11) is 0. The van der Waals surface area contributed by atoms with Crippen LogP contribution in [0, 0.1) is 0 Å². The Hall–Kier alpha value is -1.62. The molecule has 2 N–H and O–H groups in total. The fourth-order valence-corrected chi connectivity index (χ4v) is 2.34. The zero-order valence-corrected chi connectivity index (χ0v) is 11.6. The summed E-state index contributed by atoms with van der Waals surface area (Å²) in [5.41, 5.74) is 7.24. The number of rotatable bonds is 3. The van der Waals surface area contributed by atoms with Crippen LogP contribution in [0.5, 0.6) is 0 Å². The maximum Gasteiger partial charge on any atom is 0.254 e. The molecule has 104 valence electrons. The number of pyridine rings is 1. The highest BCUT2D eigenvalue weighted by Crippen LogP contribution is 2.17. The molecule has 1 atom stereocenters. The van der Waals surface area contributed by atoms with E-state index in [9.17, 15) is 4.79 Å². The number of aromatic nitrogens is 1. The normalized spacial score (nSPS) is 19.5. The molecule has 0 saturated carbocycles. The van der Waals surface area contributed by atoms with Crippen LogP contribution in [-0.4, -0.2) is 41.6 Å². The molecule has 19 heavy (non-hydrogen) atoms. The van der Waals surface area contributed by atoms with Crippen molar-refractivity contribution in [3.05, 3.63) is 23.4 Å². The molecule has 0 radical (unpaired) electrons. The molecule has 0 aromatic carbocycles. The molecule has 2 heterocycles. The molecule has 1 aliphatic heterocycles. The summed E-state index contributed by atoms with van der Waals surface area (Å²) in [5.74, 6) is 0.433. The molecule has 0 spiro atoms. The van der Waals surface area contributed by atoms with E-state index in [0.717, 1.165) is 18.5 Å². The Kier molecular flexibility index (Phi) is 4.37. The zero-order valence-electron chi connectivity index (χ0n) is 11.6. The van der Waals surface area contributed by atoms with Crippen LogP contribution in [0.1, 0.15) is 36.3 Å². The molecule has 1 aliphatic rings. The third kappa shape index (κ3) is 3.04. The van der Waals surface area contributed by atoms with E-state index in [2.05, 4.69) is 11.9 Å². The lowest BCUT2D eigenvalue weighted by Gasteiger charge is -2.35. The topological polar surface area (TPSA) is 68.5 Å². The van der Waals surface area contributed by atoms with Crippen LogP contribution < -0.4 is 5.73 Å². The molecule has 1 saturated heterocycles. The van der Waals surface area contributed by atoms with Crippen LogP contribution in [0.2, 0.25) is 0 Å². The molecule has 0 bridgehead atoms. The largest absolute Gasteiger partial charge is 0.384 e. The van der Waals surface area contributed by atoms with Gasteiger partial charge in [-0.15, -0.1) is 0 Å². The highest BCUT2D eigenvalue weighted by molar-refractivity contribution is 5.95. The quantitative estimate of drug-likeness (QED) is 0.896. The first kappa shape index (κ1) is 13.8. The fraction of sp³-hybridized carbons (Fsp3) is 0.571. The van der Waals surface area contributed by atoms with E-state index in [1.165, 1.54) is 0 Å². The van der Waals surface area contributed by atoms with E-state index in [-0.39, 0.29) is 11.9 Å². The highest BCUT2D eigenvalue weighted by atomic mass is 16.5. The van der Waals surface area contributed by atoms with Gasteiger partial charge >= 0.3 is 0 Å². The molecule has 1 aromatic rings. The molecular formula is C14H21N3O2. The lowest BCUT2D eigenvalue weighted by molar-refractivity contribution is -0.00280. The molecule has 2 rings (SSSR count). The standard InChI is InChI=1S/C14H21N3O2/c1-3-11-7-10(8-13(15)16-11)14(18)17-5-6-19-9-12(17)4-2/h7-8,12H,3-6,9H2,1-2H3,(H2,15,16). The van der Waals surface area contributed by atoms with Crippen LogP contribution in [-0.2, 0) is 11.2 Å². The minimum absolute atomic E-state index is 0.0268. The predicted molar refractivity (Wildman–Crippen MR) is 74.0 cm³/mol. The van der Waals surface area contributed by atoms with Crippen molar-refractivity contribution in [2.24, 2.45) is 0 Å². The second-order valence-corrected chi connectivity index (χ2v) is 4.76. The van der Waals surface area contributed by atoms with E-state index < -0.39 is 0 Å². The number of nitrogens with two attached hydrogens (primary N) is 1. The third-order valence-corrected chi connectivity index (χ3v) is 3.47. The summed E-state index contributed by atoms with van der Waals surface area (Å²) in [6.45, 7) is 5.92. The summed E-state index contributed by atoms with van der Waals surface area (Å²) in [5, 5.41) is 0. The summed E-state index contributed by atoms with van der Waals surface area (Å²) < 4.78 is 5.43. The first-order chi connectivity index (χ1) is 9.15. The van der Waals surface area contributed by atoms with E-state index >= 15 is 0 Å². The Bertz CT molecular complexity index is 462. The number of nitrogen functional groups attached to an aromatic ring is 1. The van der Waals surface area contributed by atoms with Gasteiger partial charge in [-0.2, -0.15) is 0 Å². The van der Waals surface area contributed by atoms with Crippen molar-refractivity contribution in [2.75, 3.05) is 25.5 Å². The molecular weight excluding hydrogens is 242 g/mol. The Balaban J connectivity index is 2.24. The van der Waals surface area contributed by atoms with Crippen LogP contribution in [0.3, 0.4) is 0 Å². The number of aryl methyl sites for hydroxylation is 1. The second-order valence-electron chi connectivity index (χ2n) is 4.76. The van der Waals surface area contributed by atoms with Crippen LogP contribution in [0.4, 0.5) is 5.82 Å². The SMILES string of the molecule is CCc1cc(C(=O)N2CCOCC2CC)cc(N)n1. The van der Waals surface area contributed by atoms with E-state index in [4.69, 9.17) is 10.5 Å². The number of carbonyl (C=O) groups excluding carboxylic acids is 1. The Morgan fingerprint density at radius 1 is 1.53 bits per heavy atom. The molecule has 5 heteroatoms. The monoisotopic (exact) mass is 263 g/mol. The molecule has 1 amide bonds. The number of anilines is 1. The van der Waals surface area contributed by atoms with Gasteiger partial charge in [0.25, 0.3) is 5.91 Å². The van der Waals surface area contributed by atoms with Crippen molar-refractivity contribution in [3.8, 4) is 0 Å². The van der Waals surface area contributed by atoms with Gasteiger partial charge in [-0.25, -0.2) is 4.98 Å². The van der Waals surface area contributed by atoms with Crippen molar-refractivity contribution in [1.29, 1.82) is 0 Å². The van der Waals surface area contributed by atoms with Gasteiger partial charge in [0.2, 0.25) is 0 Å². The fourth-order valence-electron chi connectivity index (χ4n) is 2.34. The lowest BCUT2D eigenvalue weighted by Crippen LogP contribution is -2.48. The lowest BCUT2D eigenvalue weighted by atomic mass is 10.1. The third-order valence-electron chi connectivity index (χ3n) is 3.47. The Morgan fingerprint density at radius 2 is 2.32 bits per heavy atom. The average Bonchev–Trinajstić information content (AvgIpc) is 2.45. The number of ether oxygens (including phenoxy) is 1. The van der Waals surface area contributed by atoms with Gasteiger partial charge < -0.3 is 15.4 Å². The first-order valence-electron chi connectivity index (χ1n) is 6.80. The first-order valence-corrected chi connectivity index (χ1v) is 6.80. The van der Waals surface area contributed by atoms with Crippen molar-refractivity contribution in [1.82, 2.24) is 9.88 Å². The molecule has 1 fully saturated rings. The number of hydrogen-bond acceptors (Lipinski definition) is 4. The second kappa shape index (κ2) is 6.02. The molecule has 0 aliphatic carbocycles. The van der Waals surface area contributed by atoms with Crippen molar-refractivity contribution in [3.63, 3.8) is 0 Å². The van der Waals surface area contributed by atoms with Gasteiger partial charge in [0.05, 0.1) is 19.3 Å². The van der Waals surface area contributed by atoms with Gasteiger partial charge in [0, 0.05) is 17.8 Å². The Labute approximate surface area is 113 Å².